The van der Waals surface area contributed by atoms with Gasteiger partial charge in [-0.1, -0.05) is 11.3 Å². The molecular formula is C22H26N4O4S2. The molecule has 2 aromatic heterocycles. The van der Waals surface area contributed by atoms with Crippen molar-refractivity contribution in [2.45, 2.75) is 43.2 Å². The fraction of sp³-hybridized carbons (Fsp3) is 0.455. The van der Waals surface area contributed by atoms with Crippen molar-refractivity contribution in [1.29, 1.82) is 0 Å². The van der Waals surface area contributed by atoms with Crippen LogP contribution in [0.4, 0.5) is 5.13 Å². The van der Waals surface area contributed by atoms with Crippen LogP contribution in [0.25, 0.3) is 10.9 Å². The average molecular weight is 475 g/mol. The molecule has 0 spiro atoms. The molecule has 1 aromatic carbocycles. The molecule has 0 unspecified atom stereocenters. The van der Waals surface area contributed by atoms with Crippen LogP contribution in [0.1, 0.15) is 34.8 Å². The number of carbonyl (C=O) groups is 1. The number of hydrogen-bond acceptors (Lipinski definition) is 7. The van der Waals surface area contributed by atoms with Crippen molar-refractivity contribution >= 4 is 43.1 Å². The second kappa shape index (κ2) is 7.57. The van der Waals surface area contributed by atoms with Crippen molar-refractivity contribution in [2.24, 2.45) is 0 Å². The first-order valence-electron chi connectivity index (χ1n) is 10.6. The molecule has 3 aromatic rings. The van der Waals surface area contributed by atoms with Gasteiger partial charge in [-0.3, -0.25) is 4.79 Å². The molecular weight excluding hydrogens is 448 g/mol. The molecule has 1 fully saturated rings. The van der Waals surface area contributed by atoms with E-state index in [0.717, 1.165) is 27.3 Å². The van der Waals surface area contributed by atoms with E-state index in [2.05, 4.69) is 15.2 Å². The Labute approximate surface area is 190 Å². The number of thiazole rings is 1. The summed E-state index contributed by atoms with van der Waals surface area (Å²) < 4.78 is 29.8. The van der Waals surface area contributed by atoms with Gasteiger partial charge in [-0.25, -0.2) is 13.4 Å². The molecule has 1 amide bonds. The van der Waals surface area contributed by atoms with Gasteiger partial charge in [-0.2, -0.15) is 0 Å². The largest absolute Gasteiger partial charge is 0.377 e. The van der Waals surface area contributed by atoms with E-state index < -0.39 is 9.84 Å². The van der Waals surface area contributed by atoms with Crippen molar-refractivity contribution in [3.8, 4) is 0 Å². The third kappa shape index (κ3) is 3.91. The Morgan fingerprint density at radius 3 is 2.94 bits per heavy atom. The van der Waals surface area contributed by atoms with Crippen LogP contribution in [0, 0.1) is 0 Å². The Morgan fingerprint density at radius 1 is 1.34 bits per heavy atom. The summed E-state index contributed by atoms with van der Waals surface area (Å²) in [5, 5.41) is 4.79. The number of carbonyl (C=O) groups excluding carboxylic acids is 1. The molecule has 1 atom stereocenters. The molecule has 10 heteroatoms. The quantitative estimate of drug-likeness (QED) is 0.602. The zero-order valence-corrected chi connectivity index (χ0v) is 19.9. The summed E-state index contributed by atoms with van der Waals surface area (Å²) in [6, 6.07) is 5.20. The van der Waals surface area contributed by atoms with Gasteiger partial charge < -0.3 is 19.9 Å². The van der Waals surface area contributed by atoms with Gasteiger partial charge in [-0.15, -0.1) is 0 Å². The first kappa shape index (κ1) is 21.4. The molecule has 0 radical (unpaired) electrons. The molecule has 8 nitrogen and oxygen atoms in total. The predicted octanol–water partition coefficient (Wildman–Crippen LogP) is 2.54. The number of ether oxygens (including phenoxy) is 1. The van der Waals surface area contributed by atoms with Crippen LogP contribution >= 0.6 is 11.3 Å². The first-order valence-corrected chi connectivity index (χ1v) is 13.3. The van der Waals surface area contributed by atoms with Gasteiger partial charge in [0.25, 0.3) is 5.91 Å². The number of H-pyrrole nitrogens is 1. The van der Waals surface area contributed by atoms with Crippen LogP contribution in [-0.2, 0) is 27.4 Å². The number of aromatic nitrogens is 2. The fourth-order valence-electron chi connectivity index (χ4n) is 4.47. The molecule has 1 saturated heterocycles. The van der Waals surface area contributed by atoms with E-state index in [9.17, 15) is 13.2 Å². The van der Waals surface area contributed by atoms with E-state index in [1.54, 1.807) is 18.2 Å². The monoisotopic (exact) mass is 474 g/mol. The van der Waals surface area contributed by atoms with Crippen molar-refractivity contribution < 1.29 is 17.9 Å². The molecule has 2 aliphatic rings. The van der Waals surface area contributed by atoms with Gasteiger partial charge in [0, 0.05) is 41.9 Å². The maximum atomic E-state index is 12.6. The lowest BCUT2D eigenvalue weighted by Crippen LogP contribution is -2.48. The molecule has 32 heavy (non-hydrogen) atoms. The molecule has 2 N–H and O–H groups in total. The average Bonchev–Trinajstić information content (AvgIpc) is 3.31. The summed E-state index contributed by atoms with van der Waals surface area (Å²) in [7, 11) is -3.29. The number of morpholine rings is 1. The highest BCUT2D eigenvalue weighted by molar-refractivity contribution is 7.90. The maximum Gasteiger partial charge on any atom is 0.263 e. The summed E-state index contributed by atoms with van der Waals surface area (Å²) in [5.41, 5.74) is 2.49. The number of fused-ring (bicyclic) bond motifs is 2. The third-order valence-corrected chi connectivity index (χ3v) is 8.29. The Balaban J connectivity index is 1.46. The molecule has 0 bridgehead atoms. The number of nitrogens with zero attached hydrogens (tertiary/aromatic N) is 2. The lowest BCUT2D eigenvalue weighted by molar-refractivity contribution is 0.0900. The Kier molecular flexibility index (Phi) is 5.06. The van der Waals surface area contributed by atoms with E-state index in [1.807, 2.05) is 20.0 Å². The number of benzene rings is 1. The lowest BCUT2D eigenvalue weighted by atomic mass is 9.94. The topological polar surface area (TPSA) is 104 Å². The minimum atomic E-state index is -3.29. The number of rotatable bonds is 4. The van der Waals surface area contributed by atoms with Crippen LogP contribution in [0.5, 0.6) is 0 Å². The summed E-state index contributed by atoms with van der Waals surface area (Å²) in [6.07, 6.45) is 4.54. The van der Waals surface area contributed by atoms with Crippen molar-refractivity contribution in [3.05, 3.63) is 40.5 Å². The van der Waals surface area contributed by atoms with Crippen molar-refractivity contribution in [3.63, 3.8) is 0 Å². The highest BCUT2D eigenvalue weighted by atomic mass is 32.2. The number of nitrogens with one attached hydrogen (secondary N) is 2. The number of sulfone groups is 1. The molecule has 4 heterocycles. The van der Waals surface area contributed by atoms with Gasteiger partial charge in [0.15, 0.2) is 15.0 Å². The number of aromatic amines is 1. The zero-order valence-electron chi connectivity index (χ0n) is 18.3. The van der Waals surface area contributed by atoms with Crippen LogP contribution in [0.2, 0.25) is 0 Å². The SMILES string of the molecule is CC1(C)Cc2nc(N3CCOC[C@@H]3Cc3c[nH]c4ccc(S(C)(=O)=O)cc34)sc2C(=O)N1. The maximum absolute atomic E-state index is 12.6. The smallest absolute Gasteiger partial charge is 0.263 e. The molecule has 170 valence electrons. The van der Waals surface area contributed by atoms with E-state index in [-0.39, 0.29) is 17.5 Å². The van der Waals surface area contributed by atoms with Crippen LogP contribution in [-0.4, -0.2) is 61.9 Å². The molecule has 2 aliphatic heterocycles. The molecule has 0 aliphatic carbocycles. The minimum Gasteiger partial charge on any atom is -0.377 e. The van der Waals surface area contributed by atoms with E-state index in [0.29, 0.717) is 42.4 Å². The van der Waals surface area contributed by atoms with E-state index >= 15 is 0 Å². The Morgan fingerprint density at radius 2 is 2.16 bits per heavy atom. The summed E-state index contributed by atoms with van der Waals surface area (Å²) in [6.45, 7) is 5.85. The van der Waals surface area contributed by atoms with Gasteiger partial charge >= 0.3 is 0 Å². The lowest BCUT2D eigenvalue weighted by Gasteiger charge is -2.35. The zero-order chi connectivity index (χ0) is 22.7. The highest BCUT2D eigenvalue weighted by Gasteiger charge is 2.35. The number of hydrogen-bond donors (Lipinski definition) is 2. The van der Waals surface area contributed by atoms with Gasteiger partial charge in [0.2, 0.25) is 0 Å². The van der Waals surface area contributed by atoms with Crippen LogP contribution in [0.15, 0.2) is 29.3 Å². The summed E-state index contributed by atoms with van der Waals surface area (Å²) in [4.78, 5) is 23.9. The Bertz CT molecular complexity index is 1310. The van der Waals surface area contributed by atoms with Gasteiger partial charge in [0.05, 0.1) is 29.8 Å². The molecule has 5 rings (SSSR count). The van der Waals surface area contributed by atoms with E-state index in [1.165, 1.54) is 17.6 Å². The highest BCUT2D eigenvalue weighted by Crippen LogP contribution is 2.34. The standard InChI is InChI=1S/C22H26N4O4S2/c1-22(2)10-18-19(20(27)25-22)31-21(24-18)26-6-7-30-12-14(26)8-13-11-23-17-5-4-15(9-16(13)17)32(3,28)29/h4-5,9,11,14,23H,6-8,10,12H2,1-3H3,(H,25,27)/t14-/m0/s1. The summed E-state index contributed by atoms with van der Waals surface area (Å²) in [5.74, 6) is -0.0604. The van der Waals surface area contributed by atoms with Gasteiger partial charge in [0.1, 0.15) is 4.88 Å². The number of anilines is 1. The Hall–Kier alpha value is -2.43. The summed E-state index contributed by atoms with van der Waals surface area (Å²) >= 11 is 1.44. The predicted molar refractivity (Wildman–Crippen MR) is 124 cm³/mol. The third-order valence-electron chi connectivity index (χ3n) is 6.05. The number of amides is 1. The van der Waals surface area contributed by atoms with Crippen molar-refractivity contribution in [2.75, 3.05) is 30.9 Å². The second-order valence-corrected chi connectivity index (χ2v) is 12.2. The van der Waals surface area contributed by atoms with Crippen LogP contribution < -0.4 is 10.2 Å². The fourth-order valence-corrected chi connectivity index (χ4v) is 6.20. The van der Waals surface area contributed by atoms with E-state index in [4.69, 9.17) is 9.72 Å². The normalized spacial score (nSPS) is 20.9. The minimum absolute atomic E-state index is 0.0355. The van der Waals surface area contributed by atoms with Crippen molar-refractivity contribution in [1.82, 2.24) is 15.3 Å². The molecule has 0 saturated carbocycles. The second-order valence-electron chi connectivity index (χ2n) is 9.21. The van der Waals surface area contributed by atoms with Gasteiger partial charge in [-0.05, 0) is 44.0 Å². The van der Waals surface area contributed by atoms with Crippen LogP contribution in [0.3, 0.4) is 0 Å². The first-order chi connectivity index (χ1) is 15.1.